The van der Waals surface area contributed by atoms with E-state index < -0.39 is 22.2 Å². The van der Waals surface area contributed by atoms with Gasteiger partial charge >= 0.3 is 5.69 Å². The van der Waals surface area contributed by atoms with Crippen LogP contribution in [-0.2, 0) is 0 Å². The number of nitro benzene ring substituents is 1. The second kappa shape index (κ2) is 5.33. The molecule has 1 atom stereocenters. The van der Waals surface area contributed by atoms with Gasteiger partial charge in [-0.15, -0.1) is 11.8 Å². The first-order valence-electron chi connectivity index (χ1n) is 6.18. The lowest BCUT2D eigenvalue weighted by Gasteiger charge is -2.15. The van der Waals surface area contributed by atoms with Crippen molar-refractivity contribution in [3.63, 3.8) is 0 Å². The number of nitrogens with zero attached hydrogens (tertiary/aromatic N) is 1. The highest BCUT2D eigenvalue weighted by Gasteiger charge is 2.25. The van der Waals surface area contributed by atoms with Gasteiger partial charge in [-0.2, -0.15) is 4.39 Å². The Labute approximate surface area is 123 Å². The molecule has 0 amide bonds. The fourth-order valence-electron chi connectivity index (χ4n) is 2.26. The van der Waals surface area contributed by atoms with Crippen molar-refractivity contribution < 1.29 is 13.7 Å². The molecule has 0 fully saturated rings. The Morgan fingerprint density at radius 3 is 2.76 bits per heavy atom. The summed E-state index contributed by atoms with van der Waals surface area (Å²) in [6.07, 6.45) is 0. The van der Waals surface area contributed by atoms with Crippen molar-refractivity contribution in [2.24, 2.45) is 0 Å². The van der Waals surface area contributed by atoms with Crippen molar-refractivity contribution in [3.05, 3.63) is 63.7 Å². The van der Waals surface area contributed by atoms with Crippen molar-refractivity contribution in [1.29, 1.82) is 0 Å². The Kier molecular flexibility index (Phi) is 3.50. The average molecular weight is 308 g/mol. The number of fused-ring (bicyclic) bond motifs is 1. The van der Waals surface area contributed by atoms with Crippen LogP contribution in [0.25, 0.3) is 0 Å². The topological polar surface area (TPSA) is 55.2 Å². The summed E-state index contributed by atoms with van der Waals surface area (Å²) in [5.74, 6) is -1.33. The normalized spacial score (nSPS) is 16.6. The summed E-state index contributed by atoms with van der Waals surface area (Å²) in [5.41, 5.74) is 0.206. The van der Waals surface area contributed by atoms with Crippen molar-refractivity contribution in [3.8, 4) is 0 Å². The molecule has 0 bridgehead atoms. The van der Waals surface area contributed by atoms with E-state index in [2.05, 4.69) is 5.32 Å². The minimum absolute atomic E-state index is 0.0644. The summed E-state index contributed by atoms with van der Waals surface area (Å²) >= 11 is 1.62. The summed E-state index contributed by atoms with van der Waals surface area (Å²) in [6, 6.07) is 8.95. The molecule has 3 rings (SSSR count). The maximum atomic E-state index is 13.8. The van der Waals surface area contributed by atoms with Crippen molar-refractivity contribution in [1.82, 2.24) is 0 Å². The van der Waals surface area contributed by atoms with Gasteiger partial charge < -0.3 is 5.32 Å². The molecule has 1 N–H and O–H groups in total. The lowest BCUT2D eigenvalue weighted by Crippen LogP contribution is -2.11. The van der Waals surface area contributed by atoms with E-state index in [4.69, 9.17) is 0 Å². The Hall–Kier alpha value is -2.15. The standard InChI is InChI=1S/C14H10F2N2O2S/c15-9-5-10(16)13(18(19)20)6-11(9)17-12-7-21-14-4-2-1-3-8(12)14/h1-6,12,17H,7H2. The van der Waals surface area contributed by atoms with Crippen molar-refractivity contribution in [2.45, 2.75) is 10.9 Å². The molecular weight excluding hydrogens is 298 g/mol. The number of nitro groups is 1. The van der Waals surface area contributed by atoms with E-state index >= 15 is 0 Å². The van der Waals surface area contributed by atoms with E-state index in [-0.39, 0.29) is 11.7 Å². The third-order valence-electron chi connectivity index (χ3n) is 3.26. The molecule has 1 heterocycles. The van der Waals surface area contributed by atoms with Crippen LogP contribution in [0.4, 0.5) is 20.2 Å². The first-order valence-corrected chi connectivity index (χ1v) is 7.16. The number of nitrogens with one attached hydrogen (secondary N) is 1. The number of halogens is 2. The van der Waals surface area contributed by atoms with Gasteiger partial charge in [-0.25, -0.2) is 4.39 Å². The molecule has 2 aromatic carbocycles. The van der Waals surface area contributed by atoms with E-state index in [1.165, 1.54) is 0 Å². The molecule has 0 saturated heterocycles. The van der Waals surface area contributed by atoms with Crippen LogP contribution in [0.3, 0.4) is 0 Å². The van der Waals surface area contributed by atoms with Crippen molar-refractivity contribution >= 4 is 23.1 Å². The lowest BCUT2D eigenvalue weighted by atomic mass is 10.1. The van der Waals surface area contributed by atoms with E-state index in [0.717, 1.165) is 16.5 Å². The van der Waals surface area contributed by atoms with Gasteiger partial charge in [0.25, 0.3) is 0 Å². The van der Waals surface area contributed by atoms with Gasteiger partial charge in [0.2, 0.25) is 5.82 Å². The molecular formula is C14H10F2N2O2S. The third kappa shape index (κ3) is 2.56. The predicted octanol–water partition coefficient (Wildman–Crippen LogP) is 4.13. The number of rotatable bonds is 3. The number of anilines is 1. The van der Waals surface area contributed by atoms with Gasteiger partial charge in [-0.3, -0.25) is 10.1 Å². The van der Waals surface area contributed by atoms with Gasteiger partial charge in [0.1, 0.15) is 5.82 Å². The minimum atomic E-state index is -1.18. The molecule has 0 spiro atoms. The van der Waals surface area contributed by atoms with E-state index in [9.17, 15) is 18.9 Å². The molecule has 0 aromatic heterocycles. The Bertz CT molecular complexity index is 724. The van der Waals surface area contributed by atoms with Crippen LogP contribution in [0, 0.1) is 21.7 Å². The SMILES string of the molecule is O=[N+]([O-])c1cc(NC2CSc3ccccc32)c(F)cc1F. The molecule has 0 aliphatic carbocycles. The Morgan fingerprint density at radius 1 is 1.24 bits per heavy atom. The zero-order valence-corrected chi connectivity index (χ0v) is 11.5. The molecule has 0 saturated carbocycles. The molecule has 4 nitrogen and oxygen atoms in total. The molecule has 7 heteroatoms. The van der Waals surface area contributed by atoms with Gasteiger partial charge in [0, 0.05) is 22.8 Å². The second-order valence-corrected chi connectivity index (χ2v) is 5.65. The highest BCUT2D eigenvalue weighted by Crippen LogP contribution is 2.40. The molecule has 0 radical (unpaired) electrons. The summed E-state index contributed by atoms with van der Waals surface area (Å²) in [4.78, 5) is 11.0. The van der Waals surface area contributed by atoms with Crippen molar-refractivity contribution in [2.75, 3.05) is 11.1 Å². The minimum Gasteiger partial charge on any atom is -0.375 e. The molecule has 1 unspecified atom stereocenters. The molecule has 108 valence electrons. The molecule has 21 heavy (non-hydrogen) atoms. The van der Waals surface area contributed by atoms with Crippen LogP contribution in [-0.4, -0.2) is 10.7 Å². The average Bonchev–Trinajstić information content (AvgIpc) is 2.85. The van der Waals surface area contributed by atoms with E-state index in [0.29, 0.717) is 11.8 Å². The fourth-order valence-corrected chi connectivity index (χ4v) is 3.42. The van der Waals surface area contributed by atoms with Crippen LogP contribution in [0.1, 0.15) is 11.6 Å². The number of thioether (sulfide) groups is 1. The van der Waals surface area contributed by atoms with E-state index in [1.807, 2.05) is 24.3 Å². The van der Waals surface area contributed by atoms with Gasteiger partial charge in [-0.1, -0.05) is 18.2 Å². The van der Waals surface area contributed by atoms with Crippen LogP contribution >= 0.6 is 11.8 Å². The highest BCUT2D eigenvalue weighted by molar-refractivity contribution is 7.99. The van der Waals surface area contributed by atoms with Crippen LogP contribution < -0.4 is 5.32 Å². The number of hydrogen-bond donors (Lipinski definition) is 1. The first-order chi connectivity index (χ1) is 10.1. The second-order valence-electron chi connectivity index (χ2n) is 4.59. The first kappa shape index (κ1) is 13.8. The van der Waals surface area contributed by atoms with Gasteiger partial charge in [-0.05, 0) is 11.6 Å². The molecule has 2 aromatic rings. The summed E-state index contributed by atoms with van der Waals surface area (Å²) < 4.78 is 27.1. The monoisotopic (exact) mass is 308 g/mol. The zero-order valence-electron chi connectivity index (χ0n) is 10.7. The Morgan fingerprint density at radius 2 is 2.00 bits per heavy atom. The van der Waals surface area contributed by atoms with Gasteiger partial charge in [0.05, 0.1) is 16.7 Å². The molecule has 1 aliphatic heterocycles. The highest BCUT2D eigenvalue weighted by atomic mass is 32.2. The van der Waals surface area contributed by atoms with Crippen LogP contribution in [0.2, 0.25) is 0 Å². The number of benzene rings is 2. The van der Waals surface area contributed by atoms with E-state index in [1.54, 1.807) is 11.8 Å². The van der Waals surface area contributed by atoms with Crippen LogP contribution in [0.5, 0.6) is 0 Å². The zero-order chi connectivity index (χ0) is 15.0. The maximum Gasteiger partial charge on any atom is 0.307 e. The Balaban J connectivity index is 1.93. The predicted molar refractivity (Wildman–Crippen MR) is 76.5 cm³/mol. The lowest BCUT2D eigenvalue weighted by molar-refractivity contribution is -0.387. The summed E-state index contributed by atoms with van der Waals surface area (Å²) in [6.45, 7) is 0. The molecule has 1 aliphatic rings. The number of hydrogen-bond acceptors (Lipinski definition) is 4. The largest absolute Gasteiger partial charge is 0.375 e. The summed E-state index contributed by atoms with van der Waals surface area (Å²) in [5, 5.41) is 13.7. The van der Waals surface area contributed by atoms with Gasteiger partial charge in [0.15, 0.2) is 0 Å². The smallest absolute Gasteiger partial charge is 0.307 e. The fraction of sp³-hybridized carbons (Fsp3) is 0.143. The third-order valence-corrected chi connectivity index (χ3v) is 4.45. The van der Waals surface area contributed by atoms with Crippen LogP contribution in [0.15, 0.2) is 41.3 Å². The maximum absolute atomic E-state index is 13.8. The summed E-state index contributed by atoms with van der Waals surface area (Å²) in [7, 11) is 0. The quantitative estimate of drug-likeness (QED) is 0.684.